The van der Waals surface area contributed by atoms with Crippen molar-refractivity contribution in [3.05, 3.63) is 100.0 Å². The first-order chi connectivity index (χ1) is 11.6. The summed E-state index contributed by atoms with van der Waals surface area (Å²) >= 11 is 0. The second-order valence-corrected chi connectivity index (χ2v) is 5.18. The molecule has 1 atom stereocenters. The van der Waals surface area contributed by atoms with Gasteiger partial charge in [-0.25, -0.2) is 4.39 Å². The highest BCUT2D eigenvalue weighted by atomic mass is 19.1. The molecule has 3 rings (SSSR count). The van der Waals surface area contributed by atoms with Crippen molar-refractivity contribution in [2.24, 2.45) is 0 Å². The van der Waals surface area contributed by atoms with Crippen LogP contribution in [0.3, 0.4) is 0 Å². The molecule has 0 spiro atoms. The van der Waals surface area contributed by atoms with E-state index in [4.69, 9.17) is 0 Å². The molecule has 2 N–H and O–H groups in total. The molecule has 120 valence electrons. The summed E-state index contributed by atoms with van der Waals surface area (Å²) in [7, 11) is 0. The van der Waals surface area contributed by atoms with Gasteiger partial charge in [0.1, 0.15) is 5.82 Å². The summed E-state index contributed by atoms with van der Waals surface area (Å²) in [5.74, 6) is -0.698. The minimum atomic E-state index is -0.465. The van der Waals surface area contributed by atoms with Crippen molar-refractivity contribution >= 4 is 5.91 Å². The Morgan fingerprint density at radius 2 is 1.67 bits per heavy atom. The predicted octanol–water partition coefficient (Wildman–Crippen LogP) is 2.43. The minimum absolute atomic E-state index is 0.282. The van der Waals surface area contributed by atoms with E-state index >= 15 is 0 Å². The van der Waals surface area contributed by atoms with Crippen LogP contribution in [0.2, 0.25) is 0 Å². The van der Waals surface area contributed by atoms with Crippen molar-refractivity contribution in [1.29, 1.82) is 0 Å². The standard InChI is InChI=1S/C18H14FN3O2/c19-15-4-1-12(2-5-15)17(13-7-9-20-10-8-13)22-18(24)14-3-6-16(23)21-11-14/h1-11,17H,(H,21,23)(H,22,24)/t17-/m1/s1. The minimum Gasteiger partial charge on any atom is -0.341 e. The number of nitrogens with zero attached hydrogens (tertiary/aromatic N) is 1. The Labute approximate surface area is 137 Å². The van der Waals surface area contributed by atoms with Crippen LogP contribution in [0.1, 0.15) is 27.5 Å². The average molecular weight is 323 g/mol. The fraction of sp³-hybridized carbons (Fsp3) is 0.0556. The largest absolute Gasteiger partial charge is 0.341 e. The van der Waals surface area contributed by atoms with Gasteiger partial charge in [0.25, 0.3) is 5.91 Å². The molecule has 24 heavy (non-hydrogen) atoms. The number of H-pyrrole nitrogens is 1. The molecule has 0 unspecified atom stereocenters. The maximum Gasteiger partial charge on any atom is 0.253 e. The third-order valence-electron chi connectivity index (χ3n) is 3.56. The molecule has 0 aliphatic heterocycles. The van der Waals surface area contributed by atoms with E-state index in [2.05, 4.69) is 15.3 Å². The summed E-state index contributed by atoms with van der Waals surface area (Å²) in [4.78, 5) is 30.0. The molecule has 2 aromatic heterocycles. The van der Waals surface area contributed by atoms with Crippen molar-refractivity contribution < 1.29 is 9.18 Å². The maximum atomic E-state index is 13.2. The number of aromatic nitrogens is 2. The third kappa shape index (κ3) is 3.55. The van der Waals surface area contributed by atoms with Gasteiger partial charge in [0.05, 0.1) is 11.6 Å². The molecule has 3 aromatic rings. The maximum absolute atomic E-state index is 13.2. The van der Waals surface area contributed by atoms with Crippen molar-refractivity contribution in [3.8, 4) is 0 Å². The van der Waals surface area contributed by atoms with Crippen LogP contribution in [0, 0.1) is 5.82 Å². The van der Waals surface area contributed by atoms with Crippen LogP contribution in [0.4, 0.5) is 4.39 Å². The number of rotatable bonds is 4. The first-order valence-corrected chi connectivity index (χ1v) is 7.28. The molecule has 0 radical (unpaired) electrons. The lowest BCUT2D eigenvalue weighted by Crippen LogP contribution is -2.29. The van der Waals surface area contributed by atoms with Crippen LogP contribution in [-0.4, -0.2) is 15.9 Å². The van der Waals surface area contributed by atoms with E-state index in [0.717, 1.165) is 11.1 Å². The second kappa shape index (κ2) is 6.87. The molecular weight excluding hydrogens is 309 g/mol. The number of halogens is 1. The van der Waals surface area contributed by atoms with Gasteiger partial charge in [-0.1, -0.05) is 12.1 Å². The first-order valence-electron chi connectivity index (χ1n) is 7.28. The number of benzene rings is 1. The van der Waals surface area contributed by atoms with Gasteiger partial charge in [-0.3, -0.25) is 14.6 Å². The summed E-state index contributed by atoms with van der Waals surface area (Å²) in [6, 6.07) is 11.7. The van der Waals surface area contributed by atoms with Crippen LogP contribution in [-0.2, 0) is 0 Å². The summed E-state index contributed by atoms with van der Waals surface area (Å²) in [6.07, 6.45) is 4.60. The lowest BCUT2D eigenvalue weighted by molar-refractivity contribution is 0.0942. The van der Waals surface area contributed by atoms with E-state index in [9.17, 15) is 14.0 Å². The summed E-state index contributed by atoms with van der Waals surface area (Å²) in [5, 5.41) is 2.89. The molecule has 0 saturated heterocycles. The second-order valence-electron chi connectivity index (χ2n) is 5.18. The Morgan fingerprint density at radius 3 is 2.29 bits per heavy atom. The van der Waals surface area contributed by atoms with E-state index in [0.29, 0.717) is 5.56 Å². The molecule has 0 fully saturated rings. The van der Waals surface area contributed by atoms with E-state index in [1.54, 1.807) is 36.7 Å². The third-order valence-corrected chi connectivity index (χ3v) is 3.56. The SMILES string of the molecule is O=C(N[C@@H](c1ccncc1)c1ccc(F)cc1)c1ccc(=O)[nH]c1. The van der Waals surface area contributed by atoms with Gasteiger partial charge in [0.2, 0.25) is 5.56 Å². The van der Waals surface area contributed by atoms with E-state index < -0.39 is 6.04 Å². The molecule has 5 nitrogen and oxygen atoms in total. The van der Waals surface area contributed by atoms with Gasteiger partial charge >= 0.3 is 0 Å². The van der Waals surface area contributed by atoms with Gasteiger partial charge in [-0.05, 0) is 41.5 Å². The number of amides is 1. The topological polar surface area (TPSA) is 74.8 Å². The Bertz CT molecular complexity index is 872. The highest BCUT2D eigenvalue weighted by Crippen LogP contribution is 2.22. The molecule has 6 heteroatoms. The summed E-state index contributed by atoms with van der Waals surface area (Å²) < 4.78 is 13.2. The number of hydrogen-bond acceptors (Lipinski definition) is 3. The summed E-state index contributed by atoms with van der Waals surface area (Å²) in [6.45, 7) is 0. The summed E-state index contributed by atoms with van der Waals surface area (Å²) in [5.41, 5.74) is 1.60. The normalized spacial score (nSPS) is 11.7. The number of pyridine rings is 2. The van der Waals surface area contributed by atoms with Gasteiger partial charge in [-0.2, -0.15) is 0 Å². The molecule has 0 saturated carbocycles. The number of hydrogen-bond donors (Lipinski definition) is 2. The van der Waals surface area contributed by atoms with Crippen molar-refractivity contribution in [2.75, 3.05) is 0 Å². The van der Waals surface area contributed by atoms with Gasteiger partial charge in [-0.15, -0.1) is 0 Å². The van der Waals surface area contributed by atoms with Crippen molar-refractivity contribution in [3.63, 3.8) is 0 Å². The fourth-order valence-corrected chi connectivity index (χ4v) is 2.34. The number of carbonyl (C=O) groups is 1. The highest BCUT2D eigenvalue weighted by molar-refractivity contribution is 5.94. The van der Waals surface area contributed by atoms with Crippen LogP contribution in [0.5, 0.6) is 0 Å². The quantitative estimate of drug-likeness (QED) is 0.774. The van der Waals surface area contributed by atoms with Crippen molar-refractivity contribution in [2.45, 2.75) is 6.04 Å². The predicted molar refractivity (Wildman–Crippen MR) is 87.0 cm³/mol. The van der Waals surface area contributed by atoms with E-state index in [-0.39, 0.29) is 17.3 Å². The van der Waals surface area contributed by atoms with Crippen LogP contribution in [0.25, 0.3) is 0 Å². The van der Waals surface area contributed by atoms with Crippen LogP contribution in [0.15, 0.2) is 71.9 Å². The molecule has 0 aliphatic carbocycles. The zero-order chi connectivity index (χ0) is 16.9. The van der Waals surface area contributed by atoms with E-state index in [1.807, 2.05) is 0 Å². The Balaban J connectivity index is 1.93. The molecule has 1 aromatic carbocycles. The molecule has 2 heterocycles. The monoisotopic (exact) mass is 323 g/mol. The van der Waals surface area contributed by atoms with Crippen molar-refractivity contribution in [1.82, 2.24) is 15.3 Å². The lowest BCUT2D eigenvalue weighted by atomic mass is 9.99. The number of nitrogens with one attached hydrogen (secondary N) is 2. The van der Waals surface area contributed by atoms with E-state index in [1.165, 1.54) is 30.5 Å². The molecule has 0 bridgehead atoms. The number of carbonyl (C=O) groups excluding carboxylic acids is 1. The Hall–Kier alpha value is -3.28. The average Bonchev–Trinajstić information content (AvgIpc) is 2.62. The smallest absolute Gasteiger partial charge is 0.253 e. The zero-order valence-electron chi connectivity index (χ0n) is 12.6. The van der Waals surface area contributed by atoms with Gasteiger partial charge in [0.15, 0.2) is 0 Å². The van der Waals surface area contributed by atoms with Gasteiger partial charge in [0, 0.05) is 24.7 Å². The molecule has 0 aliphatic rings. The van der Waals surface area contributed by atoms with Crippen LogP contribution >= 0.6 is 0 Å². The zero-order valence-corrected chi connectivity index (χ0v) is 12.6. The fourth-order valence-electron chi connectivity index (χ4n) is 2.34. The highest BCUT2D eigenvalue weighted by Gasteiger charge is 2.18. The first kappa shape index (κ1) is 15.6. The Morgan fingerprint density at radius 1 is 1.00 bits per heavy atom. The Kier molecular flexibility index (Phi) is 4.47. The molecular formula is C18H14FN3O2. The lowest BCUT2D eigenvalue weighted by Gasteiger charge is -2.19. The number of aromatic amines is 1. The van der Waals surface area contributed by atoms with Crippen LogP contribution < -0.4 is 10.9 Å². The van der Waals surface area contributed by atoms with Gasteiger partial charge < -0.3 is 10.3 Å². The molecule has 1 amide bonds.